The van der Waals surface area contributed by atoms with Gasteiger partial charge in [-0.2, -0.15) is 0 Å². The van der Waals surface area contributed by atoms with Crippen LogP contribution in [0.1, 0.15) is 30.0 Å². The molecule has 1 heterocycles. The highest BCUT2D eigenvalue weighted by Gasteiger charge is 2.15. The molecule has 0 aliphatic rings. The third-order valence-corrected chi connectivity index (χ3v) is 3.22. The Hall–Kier alpha value is -1.58. The van der Waals surface area contributed by atoms with Crippen LogP contribution in [-0.4, -0.2) is 17.8 Å². The standard InChI is InChI=1S/C16H21NO2/c1-12-8-9-16(19-12)13(2)17-15(11-18)10-14-6-4-3-5-7-14/h3-9,13,15,17-18H,10-11H2,1-2H3/t13?,15-/m0/s1. The zero-order valence-electron chi connectivity index (χ0n) is 11.5. The van der Waals surface area contributed by atoms with Crippen molar-refractivity contribution in [1.82, 2.24) is 5.32 Å². The van der Waals surface area contributed by atoms with Gasteiger partial charge in [-0.3, -0.25) is 0 Å². The monoisotopic (exact) mass is 259 g/mol. The maximum Gasteiger partial charge on any atom is 0.120 e. The first-order chi connectivity index (χ1) is 9.19. The van der Waals surface area contributed by atoms with Crippen molar-refractivity contribution < 1.29 is 9.52 Å². The lowest BCUT2D eigenvalue weighted by Gasteiger charge is -2.20. The topological polar surface area (TPSA) is 45.4 Å². The van der Waals surface area contributed by atoms with Crippen LogP contribution in [-0.2, 0) is 6.42 Å². The number of furan rings is 1. The lowest BCUT2D eigenvalue weighted by atomic mass is 10.1. The minimum Gasteiger partial charge on any atom is -0.465 e. The van der Waals surface area contributed by atoms with Gasteiger partial charge in [0.2, 0.25) is 0 Å². The summed E-state index contributed by atoms with van der Waals surface area (Å²) in [6, 6.07) is 14.2. The van der Waals surface area contributed by atoms with Gasteiger partial charge in [-0.1, -0.05) is 30.3 Å². The minimum atomic E-state index is 0.0304. The Morgan fingerprint density at radius 3 is 2.47 bits per heavy atom. The van der Waals surface area contributed by atoms with Crippen molar-refractivity contribution in [3.05, 3.63) is 59.5 Å². The highest BCUT2D eigenvalue weighted by molar-refractivity contribution is 5.16. The second-order valence-corrected chi connectivity index (χ2v) is 4.91. The molecule has 0 saturated carbocycles. The fraction of sp³-hybridized carbons (Fsp3) is 0.375. The number of benzene rings is 1. The van der Waals surface area contributed by atoms with Crippen molar-refractivity contribution in [3.8, 4) is 0 Å². The van der Waals surface area contributed by atoms with Crippen LogP contribution in [0.15, 0.2) is 46.9 Å². The van der Waals surface area contributed by atoms with Gasteiger partial charge < -0.3 is 14.8 Å². The van der Waals surface area contributed by atoms with E-state index in [0.29, 0.717) is 0 Å². The van der Waals surface area contributed by atoms with Crippen molar-refractivity contribution in [2.45, 2.75) is 32.4 Å². The van der Waals surface area contributed by atoms with Crippen LogP contribution < -0.4 is 5.32 Å². The summed E-state index contributed by atoms with van der Waals surface area (Å²) in [6.07, 6.45) is 0.807. The van der Waals surface area contributed by atoms with Gasteiger partial charge in [0.15, 0.2) is 0 Å². The van der Waals surface area contributed by atoms with Crippen LogP contribution in [0.3, 0.4) is 0 Å². The number of hydrogen-bond donors (Lipinski definition) is 2. The van der Waals surface area contributed by atoms with Crippen molar-refractivity contribution in [2.75, 3.05) is 6.61 Å². The van der Waals surface area contributed by atoms with E-state index in [1.165, 1.54) is 5.56 Å². The molecule has 0 amide bonds. The van der Waals surface area contributed by atoms with Crippen molar-refractivity contribution in [1.29, 1.82) is 0 Å². The van der Waals surface area contributed by atoms with Gasteiger partial charge in [-0.05, 0) is 38.0 Å². The lowest BCUT2D eigenvalue weighted by Crippen LogP contribution is -2.36. The molecule has 19 heavy (non-hydrogen) atoms. The largest absolute Gasteiger partial charge is 0.465 e. The SMILES string of the molecule is Cc1ccc(C(C)N[C@H](CO)Cc2ccccc2)o1. The molecule has 0 bridgehead atoms. The van der Waals surface area contributed by atoms with Crippen LogP contribution in [0.5, 0.6) is 0 Å². The summed E-state index contributed by atoms with van der Waals surface area (Å²) in [4.78, 5) is 0. The Kier molecular flexibility index (Phi) is 4.77. The molecule has 1 unspecified atom stereocenters. The molecule has 102 valence electrons. The second kappa shape index (κ2) is 6.55. The summed E-state index contributed by atoms with van der Waals surface area (Å²) in [6.45, 7) is 4.09. The van der Waals surface area contributed by atoms with E-state index in [0.717, 1.165) is 17.9 Å². The van der Waals surface area contributed by atoms with E-state index in [9.17, 15) is 5.11 Å². The predicted molar refractivity (Wildman–Crippen MR) is 76.0 cm³/mol. The molecule has 0 radical (unpaired) electrons. The zero-order valence-corrected chi connectivity index (χ0v) is 11.5. The molecule has 0 spiro atoms. The molecule has 2 rings (SSSR count). The lowest BCUT2D eigenvalue weighted by molar-refractivity contribution is 0.227. The van der Waals surface area contributed by atoms with Crippen LogP contribution >= 0.6 is 0 Å². The number of aliphatic hydroxyl groups is 1. The van der Waals surface area contributed by atoms with E-state index in [2.05, 4.69) is 17.4 Å². The first-order valence-electron chi connectivity index (χ1n) is 6.66. The summed E-state index contributed by atoms with van der Waals surface area (Å²) in [5.41, 5.74) is 1.22. The third kappa shape index (κ3) is 3.94. The molecule has 0 saturated heterocycles. The Bertz CT molecular complexity index is 492. The van der Waals surface area contributed by atoms with Crippen molar-refractivity contribution in [3.63, 3.8) is 0 Å². The summed E-state index contributed by atoms with van der Waals surface area (Å²) in [5, 5.41) is 12.9. The van der Waals surface area contributed by atoms with Crippen LogP contribution in [0.2, 0.25) is 0 Å². The van der Waals surface area contributed by atoms with E-state index in [1.54, 1.807) is 0 Å². The fourth-order valence-electron chi connectivity index (χ4n) is 2.20. The molecule has 2 N–H and O–H groups in total. The van der Waals surface area contributed by atoms with E-state index in [1.807, 2.05) is 44.2 Å². The Morgan fingerprint density at radius 1 is 1.16 bits per heavy atom. The average molecular weight is 259 g/mol. The summed E-state index contributed by atoms with van der Waals surface area (Å²) in [5.74, 6) is 1.82. The summed E-state index contributed by atoms with van der Waals surface area (Å²) in [7, 11) is 0. The Labute approximate surface area is 114 Å². The van der Waals surface area contributed by atoms with E-state index in [4.69, 9.17) is 4.42 Å². The molecular weight excluding hydrogens is 238 g/mol. The fourth-order valence-corrected chi connectivity index (χ4v) is 2.20. The Morgan fingerprint density at radius 2 is 1.89 bits per heavy atom. The molecule has 1 aromatic carbocycles. The van der Waals surface area contributed by atoms with Gasteiger partial charge in [0, 0.05) is 6.04 Å². The van der Waals surface area contributed by atoms with Crippen molar-refractivity contribution in [2.24, 2.45) is 0 Å². The molecule has 1 aromatic heterocycles. The van der Waals surface area contributed by atoms with E-state index in [-0.39, 0.29) is 18.7 Å². The highest BCUT2D eigenvalue weighted by Crippen LogP contribution is 2.17. The molecule has 2 atom stereocenters. The molecule has 0 fully saturated rings. The van der Waals surface area contributed by atoms with E-state index < -0.39 is 0 Å². The predicted octanol–water partition coefficient (Wildman–Crippen LogP) is 2.84. The third-order valence-electron chi connectivity index (χ3n) is 3.22. The highest BCUT2D eigenvalue weighted by atomic mass is 16.3. The maximum absolute atomic E-state index is 9.50. The van der Waals surface area contributed by atoms with Crippen LogP contribution in [0.25, 0.3) is 0 Å². The quantitative estimate of drug-likeness (QED) is 0.838. The first kappa shape index (κ1) is 13.8. The number of nitrogens with one attached hydrogen (secondary N) is 1. The molecule has 0 aliphatic carbocycles. The zero-order chi connectivity index (χ0) is 13.7. The van der Waals surface area contributed by atoms with Gasteiger partial charge >= 0.3 is 0 Å². The van der Waals surface area contributed by atoms with Gasteiger partial charge in [0.25, 0.3) is 0 Å². The first-order valence-corrected chi connectivity index (χ1v) is 6.66. The number of aryl methyl sites for hydroxylation is 1. The molecule has 0 aliphatic heterocycles. The molecular formula is C16H21NO2. The van der Waals surface area contributed by atoms with Crippen LogP contribution in [0, 0.1) is 6.92 Å². The number of hydrogen-bond acceptors (Lipinski definition) is 3. The maximum atomic E-state index is 9.50. The molecule has 3 nitrogen and oxygen atoms in total. The van der Waals surface area contributed by atoms with E-state index >= 15 is 0 Å². The Balaban J connectivity index is 1.95. The summed E-state index contributed by atoms with van der Waals surface area (Å²) >= 11 is 0. The van der Waals surface area contributed by atoms with Gasteiger partial charge in [-0.15, -0.1) is 0 Å². The normalized spacial score (nSPS) is 14.3. The second-order valence-electron chi connectivity index (χ2n) is 4.91. The van der Waals surface area contributed by atoms with Gasteiger partial charge in [-0.25, -0.2) is 0 Å². The average Bonchev–Trinajstić information content (AvgIpc) is 2.86. The van der Waals surface area contributed by atoms with Gasteiger partial charge in [0.05, 0.1) is 12.6 Å². The number of rotatable bonds is 6. The van der Waals surface area contributed by atoms with Gasteiger partial charge in [0.1, 0.15) is 11.5 Å². The van der Waals surface area contributed by atoms with Crippen molar-refractivity contribution >= 4 is 0 Å². The number of aliphatic hydroxyl groups excluding tert-OH is 1. The molecule has 3 heteroatoms. The molecule has 2 aromatic rings. The van der Waals surface area contributed by atoms with Crippen LogP contribution in [0.4, 0.5) is 0 Å². The minimum absolute atomic E-state index is 0.0304. The smallest absolute Gasteiger partial charge is 0.120 e. The summed E-state index contributed by atoms with van der Waals surface area (Å²) < 4.78 is 5.60.